The van der Waals surface area contributed by atoms with Gasteiger partial charge in [-0.05, 0) is 81.2 Å². The van der Waals surface area contributed by atoms with Gasteiger partial charge in [0, 0.05) is 14.7 Å². The van der Waals surface area contributed by atoms with Crippen LogP contribution in [-0.2, 0) is 13.7 Å². The summed E-state index contributed by atoms with van der Waals surface area (Å²) in [4.78, 5) is 2.80. The van der Waals surface area contributed by atoms with E-state index in [9.17, 15) is 8.42 Å². The second kappa shape index (κ2) is 11.5. The van der Waals surface area contributed by atoms with Crippen LogP contribution in [0.2, 0.25) is 0 Å². The molecule has 0 fully saturated rings. The van der Waals surface area contributed by atoms with Crippen LogP contribution in [0, 0.1) is 0 Å². The van der Waals surface area contributed by atoms with Gasteiger partial charge in [0.05, 0.1) is 0 Å². The first-order valence-electron chi connectivity index (χ1n) is 13.2. The van der Waals surface area contributed by atoms with E-state index < -0.39 is 20.4 Å². The molecule has 4 aromatic carbocycles. The third-order valence-electron chi connectivity index (χ3n) is 6.75. The first kappa shape index (κ1) is 28.2. The van der Waals surface area contributed by atoms with Crippen LogP contribution in [0.1, 0.15) is 76.0 Å². The van der Waals surface area contributed by atoms with Crippen LogP contribution >= 0.6 is 10.3 Å². The van der Waals surface area contributed by atoms with E-state index in [1.165, 1.54) is 0 Å². The standard InChI is InChI=1S/C33H38O3S2/c1-24(2)27-22-31(25(3)4)33(32(23-27)26(5)6)38(34,35)36-37(28-16-10-7-11-17-28,29-18-12-8-13-19-29)30-20-14-9-15-21-30/h7-26H,1-6H3. The van der Waals surface area contributed by atoms with Crippen molar-refractivity contribution in [3.05, 3.63) is 120 Å². The molecule has 0 N–H and O–H groups in total. The first-order chi connectivity index (χ1) is 18.1. The van der Waals surface area contributed by atoms with Gasteiger partial charge in [-0.1, -0.05) is 108 Å². The Balaban J connectivity index is 2.07. The number of benzene rings is 4. The molecule has 5 heteroatoms. The lowest BCUT2D eigenvalue weighted by molar-refractivity contribution is 0.503. The monoisotopic (exact) mass is 546 g/mol. The van der Waals surface area contributed by atoms with Gasteiger partial charge in [0.15, 0.2) is 0 Å². The van der Waals surface area contributed by atoms with E-state index in [1.54, 1.807) is 0 Å². The van der Waals surface area contributed by atoms with Crippen molar-refractivity contribution in [3.8, 4) is 0 Å². The van der Waals surface area contributed by atoms with E-state index in [0.717, 1.165) is 31.4 Å². The van der Waals surface area contributed by atoms with Gasteiger partial charge in [-0.3, -0.25) is 0 Å². The van der Waals surface area contributed by atoms with Gasteiger partial charge in [-0.25, -0.2) is 3.63 Å². The Hall–Kier alpha value is -2.86. The lowest BCUT2D eigenvalue weighted by Crippen LogP contribution is -2.18. The molecular weight excluding hydrogens is 508 g/mol. The SMILES string of the molecule is CC(C)c1cc(C(C)C)c(S(=O)(=O)OS(c2ccccc2)(c2ccccc2)c2ccccc2)c(C(C)C)c1. The highest BCUT2D eigenvalue weighted by Gasteiger charge is 2.40. The molecule has 0 amide bonds. The highest BCUT2D eigenvalue weighted by atomic mass is 32.3. The first-order valence-corrected chi connectivity index (χ1v) is 16.2. The van der Waals surface area contributed by atoms with Crippen LogP contribution < -0.4 is 0 Å². The van der Waals surface area contributed by atoms with E-state index in [-0.39, 0.29) is 17.8 Å². The van der Waals surface area contributed by atoms with E-state index in [2.05, 4.69) is 26.0 Å². The van der Waals surface area contributed by atoms with E-state index in [1.807, 2.05) is 119 Å². The van der Waals surface area contributed by atoms with Gasteiger partial charge in [-0.2, -0.15) is 8.42 Å². The minimum atomic E-state index is -4.22. The lowest BCUT2D eigenvalue weighted by atomic mass is 9.89. The molecule has 0 saturated heterocycles. The molecule has 0 aromatic heterocycles. The van der Waals surface area contributed by atoms with Crippen LogP contribution in [0.4, 0.5) is 0 Å². The maximum atomic E-state index is 14.7. The Bertz CT molecular complexity index is 1340. The smallest absolute Gasteiger partial charge is 0.203 e. The molecule has 0 unspecified atom stereocenters. The van der Waals surface area contributed by atoms with Crippen molar-refractivity contribution >= 4 is 20.4 Å². The molecule has 200 valence electrons. The fraction of sp³-hybridized carbons (Fsp3) is 0.273. The average molecular weight is 547 g/mol. The van der Waals surface area contributed by atoms with Crippen LogP contribution in [0.3, 0.4) is 0 Å². The van der Waals surface area contributed by atoms with E-state index in [0.29, 0.717) is 4.90 Å². The Morgan fingerprint density at radius 3 is 1.16 bits per heavy atom. The predicted octanol–water partition coefficient (Wildman–Crippen LogP) is 9.66. The van der Waals surface area contributed by atoms with Crippen LogP contribution in [0.25, 0.3) is 0 Å². The third kappa shape index (κ3) is 5.47. The van der Waals surface area contributed by atoms with Gasteiger partial charge < -0.3 is 0 Å². The zero-order valence-electron chi connectivity index (χ0n) is 23.1. The van der Waals surface area contributed by atoms with Crippen molar-refractivity contribution < 1.29 is 12.0 Å². The number of rotatable bonds is 9. The van der Waals surface area contributed by atoms with Gasteiger partial charge in [0.1, 0.15) is 4.90 Å². The number of hydrogen-bond donors (Lipinski definition) is 0. The Morgan fingerprint density at radius 1 is 0.526 bits per heavy atom. The van der Waals surface area contributed by atoms with Gasteiger partial charge >= 0.3 is 10.1 Å². The molecule has 4 rings (SSSR count). The van der Waals surface area contributed by atoms with Crippen LogP contribution in [0.15, 0.2) is 123 Å². The largest absolute Gasteiger partial charge is 0.307 e. The van der Waals surface area contributed by atoms with Crippen LogP contribution in [0.5, 0.6) is 0 Å². The van der Waals surface area contributed by atoms with Crippen molar-refractivity contribution in [2.75, 3.05) is 0 Å². The quantitative estimate of drug-likeness (QED) is 0.210. The zero-order valence-corrected chi connectivity index (χ0v) is 24.7. The maximum absolute atomic E-state index is 14.7. The average Bonchev–Trinajstić information content (AvgIpc) is 2.92. The van der Waals surface area contributed by atoms with Crippen molar-refractivity contribution in [2.24, 2.45) is 0 Å². The summed E-state index contributed by atoms with van der Waals surface area (Å²) in [7, 11) is -6.86. The lowest BCUT2D eigenvalue weighted by Gasteiger charge is -2.40. The van der Waals surface area contributed by atoms with Gasteiger partial charge in [-0.15, -0.1) is 0 Å². The molecule has 4 aromatic rings. The summed E-state index contributed by atoms with van der Waals surface area (Å²) in [5, 5.41) is 0. The van der Waals surface area contributed by atoms with E-state index in [4.69, 9.17) is 3.63 Å². The summed E-state index contributed by atoms with van der Waals surface area (Å²) in [6, 6.07) is 33.4. The van der Waals surface area contributed by atoms with Gasteiger partial charge in [0.25, 0.3) is 0 Å². The third-order valence-corrected chi connectivity index (χ3v) is 12.1. The number of hydrogen-bond acceptors (Lipinski definition) is 3. The summed E-state index contributed by atoms with van der Waals surface area (Å²) >= 11 is 0. The maximum Gasteiger partial charge on any atom is 0.307 e. The fourth-order valence-electron chi connectivity index (χ4n) is 4.71. The molecule has 0 aliphatic carbocycles. The summed E-state index contributed by atoms with van der Waals surface area (Å²) in [5.74, 6) is 0.300. The van der Waals surface area contributed by atoms with Crippen molar-refractivity contribution in [1.29, 1.82) is 0 Å². The molecule has 0 saturated carbocycles. The summed E-state index contributed by atoms with van der Waals surface area (Å²) in [6.07, 6.45) is 0. The van der Waals surface area contributed by atoms with Gasteiger partial charge in [0.2, 0.25) is 0 Å². The molecule has 0 bridgehead atoms. The second-order valence-corrected chi connectivity index (χ2v) is 14.9. The summed E-state index contributed by atoms with van der Waals surface area (Å²) in [6.45, 7) is 12.5. The predicted molar refractivity (Wildman–Crippen MR) is 159 cm³/mol. The Labute approximate surface area is 230 Å². The highest BCUT2D eigenvalue weighted by Crippen LogP contribution is 2.70. The minimum Gasteiger partial charge on any atom is -0.203 e. The molecule has 0 spiro atoms. The van der Waals surface area contributed by atoms with Crippen molar-refractivity contribution in [3.63, 3.8) is 0 Å². The van der Waals surface area contributed by atoms with Crippen molar-refractivity contribution in [1.82, 2.24) is 0 Å². The molecule has 0 atom stereocenters. The highest BCUT2D eigenvalue weighted by molar-refractivity contribution is 8.33. The molecule has 3 nitrogen and oxygen atoms in total. The summed E-state index contributed by atoms with van der Waals surface area (Å²) in [5.41, 5.74) is 2.76. The topological polar surface area (TPSA) is 43.4 Å². The molecular formula is C33H38O3S2. The molecule has 0 aliphatic heterocycles. The van der Waals surface area contributed by atoms with Crippen molar-refractivity contribution in [2.45, 2.75) is 78.9 Å². The summed E-state index contributed by atoms with van der Waals surface area (Å²) < 4.78 is 36.1. The fourth-order valence-corrected chi connectivity index (χ4v) is 10.6. The molecule has 0 radical (unpaired) electrons. The van der Waals surface area contributed by atoms with E-state index >= 15 is 0 Å². The normalized spacial score (nSPS) is 12.9. The molecule has 38 heavy (non-hydrogen) atoms. The Kier molecular flexibility index (Phi) is 8.51. The molecule has 0 aliphatic rings. The Morgan fingerprint density at radius 2 is 0.868 bits per heavy atom. The molecule has 0 heterocycles. The second-order valence-electron chi connectivity index (χ2n) is 10.5. The zero-order chi connectivity index (χ0) is 27.5. The minimum absolute atomic E-state index is 0.00847. The van der Waals surface area contributed by atoms with Crippen LogP contribution in [-0.4, -0.2) is 8.42 Å².